The van der Waals surface area contributed by atoms with E-state index >= 15 is 0 Å². The smallest absolute Gasteiger partial charge is 0.410 e. The quantitative estimate of drug-likeness (QED) is 0.0224. The molecule has 93 heavy (non-hydrogen) atoms. The normalized spacial score (nSPS) is 13.2. The summed E-state index contributed by atoms with van der Waals surface area (Å²) in [7, 11) is 10.4. The average molecular weight is 1300 g/mol. The number of esters is 3. The lowest BCUT2D eigenvalue weighted by atomic mass is 9.90. The summed E-state index contributed by atoms with van der Waals surface area (Å²) in [6, 6.07) is 50.4. The van der Waals surface area contributed by atoms with Crippen molar-refractivity contribution in [3.8, 4) is 11.1 Å². The van der Waals surface area contributed by atoms with Gasteiger partial charge in [0.05, 0.1) is 33.4 Å². The highest BCUT2D eigenvalue weighted by Gasteiger charge is 2.35. The number of benzene rings is 6. The van der Waals surface area contributed by atoms with Gasteiger partial charge in [0, 0.05) is 65.0 Å². The molecule has 0 unspecified atom stereocenters. The van der Waals surface area contributed by atoms with E-state index in [0.717, 1.165) is 44.5 Å². The van der Waals surface area contributed by atoms with E-state index in [9.17, 15) is 43.5 Å². The van der Waals surface area contributed by atoms with Crippen molar-refractivity contribution in [1.29, 1.82) is 0 Å². The molecule has 6 N–H and O–H groups in total. The van der Waals surface area contributed by atoms with Crippen molar-refractivity contribution in [2.45, 2.75) is 115 Å². The second kappa shape index (κ2) is 41.7. The fraction of sp³-hybridized carbons (Fsp3) is 0.397. The molecule has 0 aromatic heterocycles. The van der Waals surface area contributed by atoms with E-state index < -0.39 is 60.1 Å². The zero-order valence-electron chi connectivity index (χ0n) is 55.7. The van der Waals surface area contributed by atoms with Crippen LogP contribution in [0, 0.1) is 11.8 Å². The molecule has 1 aliphatic carbocycles. The van der Waals surface area contributed by atoms with Gasteiger partial charge >= 0.3 is 30.0 Å². The largest absolute Gasteiger partial charge is 0.480 e. The number of rotatable bonds is 26. The van der Waals surface area contributed by atoms with Crippen LogP contribution in [-0.2, 0) is 78.2 Å². The Morgan fingerprint density at radius 3 is 1.24 bits per heavy atom. The molecular formula is C73H95ClN6O13. The number of ketones is 1. The highest BCUT2D eigenvalue weighted by atomic mass is 35.5. The fourth-order valence-corrected chi connectivity index (χ4v) is 10.2. The average Bonchev–Trinajstić information content (AvgIpc) is 1.63. The first-order valence-corrected chi connectivity index (χ1v) is 31.6. The minimum atomic E-state index is -1.06. The second-order valence-corrected chi connectivity index (χ2v) is 22.4. The van der Waals surface area contributed by atoms with E-state index in [4.69, 9.17) is 25.7 Å². The van der Waals surface area contributed by atoms with Crippen molar-refractivity contribution in [3.63, 3.8) is 0 Å². The van der Waals surface area contributed by atoms with Crippen molar-refractivity contribution < 1.29 is 62.4 Å². The Bertz CT molecular complexity index is 3210. The highest BCUT2D eigenvalue weighted by molar-refractivity contribution is 6.15. The number of Topliss-reactive ketones (excluding diaryl/α,β-unsaturated/α-hetero) is 1. The topological polar surface area (TPSA) is 268 Å². The first-order chi connectivity index (χ1) is 44.6. The number of carbonyl (C=O) groups is 8. The fourth-order valence-electron chi connectivity index (χ4n) is 10.2. The number of likely N-dealkylation sites (N-methyl/N-ethyl adjacent to an activating group) is 4. The van der Waals surface area contributed by atoms with Crippen molar-refractivity contribution in [3.05, 3.63) is 203 Å². The summed E-state index contributed by atoms with van der Waals surface area (Å²) < 4.78 is 20.0. The minimum Gasteiger partial charge on any atom is -0.480 e. The summed E-state index contributed by atoms with van der Waals surface area (Å²) in [6.07, 6.45) is 3.58. The lowest BCUT2D eigenvalue weighted by Crippen LogP contribution is -2.50. The number of aliphatic carboxylic acids is 1. The molecule has 0 aliphatic heterocycles. The third kappa shape index (κ3) is 24.3. The number of ether oxygens (including phenoxy) is 4. The maximum atomic E-state index is 13.0. The molecule has 0 heterocycles. The molecule has 502 valence electrons. The van der Waals surface area contributed by atoms with Crippen LogP contribution < -0.4 is 16.8 Å². The van der Waals surface area contributed by atoms with Crippen LogP contribution in [0.2, 0.25) is 0 Å². The van der Waals surface area contributed by atoms with E-state index in [1.807, 2.05) is 185 Å². The van der Waals surface area contributed by atoms with Crippen LogP contribution >= 0.6 is 11.6 Å². The molecule has 7 atom stereocenters. The van der Waals surface area contributed by atoms with Gasteiger partial charge in [-0.25, -0.2) is 19.2 Å². The number of methoxy groups -OCH3 is 3. The van der Waals surface area contributed by atoms with Gasteiger partial charge in [-0.2, -0.15) is 0 Å². The predicted molar refractivity (Wildman–Crippen MR) is 363 cm³/mol. The van der Waals surface area contributed by atoms with Crippen molar-refractivity contribution in [2.24, 2.45) is 23.3 Å². The Morgan fingerprint density at radius 1 is 0.516 bits per heavy atom. The van der Waals surface area contributed by atoms with E-state index in [0.29, 0.717) is 32.1 Å². The zero-order valence-corrected chi connectivity index (χ0v) is 56.5. The van der Waals surface area contributed by atoms with Crippen molar-refractivity contribution >= 4 is 59.2 Å². The molecule has 0 saturated heterocycles. The van der Waals surface area contributed by atoms with Crippen LogP contribution in [0.25, 0.3) is 11.1 Å². The number of carboxylic acids is 1. The van der Waals surface area contributed by atoms with Gasteiger partial charge in [0.25, 0.3) is 0 Å². The number of halogens is 1. The number of nitrogens with two attached hydrogens (primary N) is 2. The summed E-state index contributed by atoms with van der Waals surface area (Å²) >= 11 is 4.64. The van der Waals surface area contributed by atoms with Gasteiger partial charge < -0.3 is 50.6 Å². The maximum Gasteiger partial charge on any atom is 0.410 e. The van der Waals surface area contributed by atoms with Crippen molar-refractivity contribution in [1.82, 2.24) is 20.0 Å². The molecule has 6 aromatic carbocycles. The number of alkyl halides is 1. The lowest BCUT2D eigenvalue weighted by molar-refractivity contribution is -0.153. The van der Waals surface area contributed by atoms with E-state index in [1.165, 1.54) is 49.5 Å². The van der Waals surface area contributed by atoms with E-state index in [2.05, 4.69) is 33.8 Å². The van der Waals surface area contributed by atoms with E-state index in [1.54, 1.807) is 21.1 Å². The van der Waals surface area contributed by atoms with Gasteiger partial charge in [-0.3, -0.25) is 24.1 Å². The number of fused-ring (bicyclic) bond motifs is 3. The van der Waals surface area contributed by atoms with Gasteiger partial charge in [0.15, 0.2) is 5.78 Å². The Balaban J connectivity index is 0.000000331. The van der Waals surface area contributed by atoms with Gasteiger partial charge in [0.1, 0.15) is 30.8 Å². The summed E-state index contributed by atoms with van der Waals surface area (Å²) in [5, 5.41) is 12.6. The Morgan fingerprint density at radius 2 is 0.882 bits per heavy atom. The molecule has 20 heteroatoms. The maximum absolute atomic E-state index is 13.0. The summed E-state index contributed by atoms with van der Waals surface area (Å²) in [5.74, 6) is -3.37. The molecular weight excluding hydrogens is 1200 g/mol. The van der Waals surface area contributed by atoms with Crippen LogP contribution in [0.3, 0.4) is 0 Å². The molecule has 0 saturated carbocycles. The standard InChI is InChI=1S/C25H23NO4.C21H32N2O4.C15H22N2O3.C11H15NO2.CH3Cl/c1-26(23(24(27)28)15-17-9-3-2-4-10-17)25(29)30-16-22-20-13-7-5-11-18(20)19-12-6-8-14-21(19)22;1-6-16(13-18(24)19(22)14(2)3)20(25)23(4)17(21(26)27-5)12-15-10-8-7-9-11-15;1-4-12(16)14(18)17(2)13(15(19)20-3)10-11-8-6-5-7-9-11;1-12-10(11(13)14-2)8-9-6-4-3-5-7-9;1-2/h2-14,22-23H,15-16H2,1H3,(H,27,28);7-11,14,16-17,19H,6,12-13,22H2,1-5H3;5-9,12-13H,4,10,16H2,1-3H3;3-7,10,12H,8H2,1-2H3;1H3/t23-;16-,17+,19+;12-,13-;10-;/m0100./s1. The van der Waals surface area contributed by atoms with Crippen LogP contribution in [0.4, 0.5) is 4.79 Å². The monoisotopic (exact) mass is 1300 g/mol. The Hall–Kier alpha value is -8.75. The lowest BCUT2D eigenvalue weighted by Gasteiger charge is -2.30. The number of carboxylic acid groups (broad SMARTS) is 1. The number of nitrogens with one attached hydrogen (secondary N) is 1. The van der Waals surface area contributed by atoms with Gasteiger partial charge in [-0.05, 0) is 76.7 Å². The molecule has 6 aromatic rings. The first-order valence-electron chi connectivity index (χ1n) is 30.9. The zero-order chi connectivity index (χ0) is 69.2. The molecule has 1 aliphatic rings. The molecule has 7 rings (SSSR count). The van der Waals surface area contributed by atoms with Crippen molar-refractivity contribution in [2.75, 3.05) is 62.5 Å². The third-order valence-electron chi connectivity index (χ3n) is 16.0. The Kier molecular flexibility index (Phi) is 35.2. The van der Waals surface area contributed by atoms with Crippen LogP contribution in [-0.4, -0.2) is 166 Å². The summed E-state index contributed by atoms with van der Waals surface area (Å²) in [4.78, 5) is 101. The molecule has 0 radical (unpaired) electrons. The molecule has 19 nitrogen and oxygen atoms in total. The summed E-state index contributed by atoms with van der Waals surface area (Å²) in [6.45, 7) is 7.61. The van der Waals surface area contributed by atoms with Crippen LogP contribution in [0.5, 0.6) is 0 Å². The first kappa shape index (κ1) is 78.5. The molecule has 0 fully saturated rings. The molecule has 0 bridgehead atoms. The van der Waals surface area contributed by atoms with E-state index in [-0.39, 0.29) is 60.9 Å². The van der Waals surface area contributed by atoms with Gasteiger partial charge in [0.2, 0.25) is 11.8 Å². The highest BCUT2D eigenvalue weighted by Crippen LogP contribution is 2.44. The minimum absolute atomic E-state index is 0.0173. The number of hydrogen-bond donors (Lipinski definition) is 4. The molecule has 3 amide bonds. The van der Waals surface area contributed by atoms with Crippen LogP contribution in [0.15, 0.2) is 170 Å². The molecule has 0 spiro atoms. The SMILES string of the molecule is CC[C@H](CC(=O)[C@@H](N)C(C)C)C(=O)N(C)[C@@H](Cc1ccccc1)C(=O)OC.CC[C@H](N)C(=O)N(C)[C@@H](Cc1ccccc1)C(=O)OC.CCl.CN(C(=O)OCC1c2ccccc2-c2ccccc21)[C@@H](Cc1ccccc1)C(=O)O.CN[C@@H](Cc1ccccc1)C(=O)OC. The number of nitrogens with zero attached hydrogens (tertiary/aromatic N) is 3. The summed E-state index contributed by atoms with van der Waals surface area (Å²) in [5.41, 5.74) is 20.1. The Labute approximate surface area is 554 Å². The second-order valence-electron chi connectivity index (χ2n) is 22.4. The predicted octanol–water partition coefficient (Wildman–Crippen LogP) is 9.57. The number of hydrogen-bond acceptors (Lipinski definition) is 15. The van der Waals surface area contributed by atoms with Gasteiger partial charge in [-0.1, -0.05) is 198 Å². The number of amides is 3. The van der Waals surface area contributed by atoms with Gasteiger partial charge in [-0.15, -0.1) is 11.6 Å². The third-order valence-corrected chi connectivity index (χ3v) is 16.0. The van der Waals surface area contributed by atoms with Crippen LogP contribution in [0.1, 0.15) is 86.3 Å². The number of carbonyl (C=O) groups excluding carboxylic acids is 7.